The van der Waals surface area contributed by atoms with Crippen LogP contribution in [0.15, 0.2) is 18.2 Å². The Morgan fingerprint density at radius 1 is 1.08 bits per heavy atom. The summed E-state index contributed by atoms with van der Waals surface area (Å²) >= 11 is 9.69. The number of halogens is 10. The Morgan fingerprint density at radius 3 is 2.16 bits per heavy atom. The monoisotopic (exact) mass is 434 g/mol. The van der Waals surface area contributed by atoms with Crippen molar-refractivity contribution in [3.05, 3.63) is 24.0 Å². The van der Waals surface area contributed by atoms with Crippen LogP contribution in [-0.4, -0.2) is 25.4 Å². The van der Waals surface area contributed by atoms with Gasteiger partial charge in [0, 0.05) is 11.9 Å². The molecule has 0 saturated heterocycles. The number of para-hydroxylation sites is 1. The molecule has 0 saturated carbocycles. The Hall–Kier alpha value is -1.14. The van der Waals surface area contributed by atoms with Crippen LogP contribution in [0.1, 0.15) is 5.82 Å². The van der Waals surface area contributed by atoms with Crippen LogP contribution < -0.4 is 4.74 Å². The molecule has 0 spiro atoms. The van der Waals surface area contributed by atoms with Crippen LogP contribution in [0.2, 0.25) is 0 Å². The van der Waals surface area contributed by atoms with E-state index in [9.17, 15) is 35.1 Å². The third kappa shape index (κ3) is 4.53. The van der Waals surface area contributed by atoms with Crippen LogP contribution in [-0.2, 0) is 6.18 Å². The third-order valence-electron chi connectivity index (χ3n) is 2.56. The van der Waals surface area contributed by atoms with Gasteiger partial charge < -0.3 is 4.74 Å². The smallest absolute Gasteiger partial charge is 0.426 e. The zero-order valence-corrected chi connectivity index (χ0v) is 13.6. The minimum atomic E-state index is -5.16. The summed E-state index contributed by atoms with van der Waals surface area (Å²) in [6.07, 6.45) is -14.4. The molecular formula is C11H4Cl2F8N2OS. The van der Waals surface area contributed by atoms with Crippen molar-refractivity contribution in [2.24, 2.45) is 0 Å². The van der Waals surface area contributed by atoms with E-state index in [0.29, 0.717) is 6.07 Å². The lowest BCUT2D eigenvalue weighted by Crippen LogP contribution is -2.33. The number of hydrogen-bond donors (Lipinski definition) is 0. The summed E-state index contributed by atoms with van der Waals surface area (Å²) in [7, 11) is 0. The lowest BCUT2D eigenvalue weighted by atomic mass is 10.3. The molecule has 3 nitrogen and oxygen atoms in total. The van der Waals surface area contributed by atoms with Gasteiger partial charge in [-0.15, -0.1) is 0 Å². The van der Waals surface area contributed by atoms with Crippen LogP contribution in [0.5, 0.6) is 5.75 Å². The fraction of sp³-hybridized carbons (Fsp3) is 0.364. The summed E-state index contributed by atoms with van der Waals surface area (Å²) < 4.78 is 104. The first kappa shape index (κ1) is 20.2. The maximum absolute atomic E-state index is 13.4. The molecule has 2 rings (SSSR count). The van der Waals surface area contributed by atoms with Gasteiger partial charge in [-0.2, -0.15) is 35.1 Å². The zero-order chi connectivity index (χ0) is 19.2. The molecule has 0 unspecified atom stereocenters. The second kappa shape index (κ2) is 6.54. The Morgan fingerprint density at radius 2 is 1.68 bits per heavy atom. The van der Waals surface area contributed by atoms with Gasteiger partial charge in [0.15, 0.2) is 5.75 Å². The van der Waals surface area contributed by atoms with Crippen LogP contribution in [0.4, 0.5) is 35.1 Å². The molecule has 0 atom stereocenters. The molecule has 1 aromatic heterocycles. The van der Waals surface area contributed by atoms with Crippen molar-refractivity contribution in [2.75, 3.05) is 0 Å². The fourth-order valence-corrected chi connectivity index (χ4v) is 2.80. The number of hydrogen-bond acceptors (Lipinski definition) is 3. The first-order valence-electron chi connectivity index (χ1n) is 5.92. The summed E-state index contributed by atoms with van der Waals surface area (Å²) in [5.41, 5.74) is -1.44. The molecule has 0 bridgehead atoms. The number of imidazole rings is 1. The van der Waals surface area contributed by atoms with Gasteiger partial charge in [0.2, 0.25) is 5.82 Å². The van der Waals surface area contributed by atoms with E-state index >= 15 is 0 Å². The molecule has 1 aromatic carbocycles. The van der Waals surface area contributed by atoms with E-state index in [1.807, 2.05) is 0 Å². The molecular weight excluding hydrogens is 431 g/mol. The minimum Gasteiger partial charge on any atom is -0.426 e. The summed E-state index contributed by atoms with van der Waals surface area (Å²) in [5, 5.41) is 0. The Kier molecular flexibility index (Phi) is 5.28. The second-order valence-electron chi connectivity index (χ2n) is 4.35. The number of benzene rings is 1. The van der Waals surface area contributed by atoms with E-state index in [-0.39, 0.29) is 15.9 Å². The molecule has 0 fully saturated rings. The standard InChI is InChI=1S/C11H4Cl2F8N2OS/c12-11(13,21)25-23-4-2-1-3-5(24-10(19,20)7(14)15)6(4)22-8(23)9(16,17)18/h1-3,7H. The fourth-order valence-electron chi connectivity index (χ4n) is 1.70. The molecule has 0 radical (unpaired) electrons. The Bertz CT molecular complexity index is 774. The van der Waals surface area contributed by atoms with Gasteiger partial charge in [-0.3, -0.25) is 3.97 Å². The van der Waals surface area contributed by atoms with E-state index in [2.05, 4.69) is 9.72 Å². The molecule has 25 heavy (non-hydrogen) atoms. The number of nitrogens with zero attached hydrogens (tertiary/aromatic N) is 2. The van der Waals surface area contributed by atoms with Gasteiger partial charge in [-0.05, 0) is 12.1 Å². The van der Waals surface area contributed by atoms with Crippen LogP contribution >= 0.6 is 35.1 Å². The van der Waals surface area contributed by atoms with Crippen molar-refractivity contribution < 1.29 is 39.9 Å². The number of alkyl halides is 10. The van der Waals surface area contributed by atoms with Gasteiger partial charge >= 0.3 is 22.6 Å². The van der Waals surface area contributed by atoms with Crippen molar-refractivity contribution in [3.63, 3.8) is 0 Å². The SMILES string of the molecule is FC(F)C(F)(F)Oc1cccc2c1nc(C(F)(F)F)n2SC(F)(Cl)Cl. The molecule has 0 aliphatic rings. The lowest BCUT2D eigenvalue weighted by molar-refractivity contribution is -0.252. The lowest BCUT2D eigenvalue weighted by Gasteiger charge is -2.17. The molecule has 1 heterocycles. The van der Waals surface area contributed by atoms with Crippen LogP contribution in [0.3, 0.4) is 0 Å². The van der Waals surface area contributed by atoms with E-state index in [0.717, 1.165) is 12.1 Å². The number of fused-ring (bicyclic) bond motifs is 1. The van der Waals surface area contributed by atoms with Crippen LogP contribution in [0, 0.1) is 0 Å². The van der Waals surface area contributed by atoms with E-state index in [4.69, 9.17) is 23.2 Å². The largest absolute Gasteiger partial charge is 0.461 e. The highest BCUT2D eigenvalue weighted by molar-refractivity contribution is 8.01. The number of aromatic nitrogens is 2. The van der Waals surface area contributed by atoms with Crippen molar-refractivity contribution >= 4 is 46.2 Å². The van der Waals surface area contributed by atoms with Gasteiger partial charge in [-0.25, -0.2) is 4.98 Å². The third-order valence-corrected chi connectivity index (χ3v) is 3.73. The predicted octanol–water partition coefficient (Wildman–Crippen LogP) is 5.85. The predicted molar refractivity (Wildman–Crippen MR) is 74.8 cm³/mol. The first-order valence-corrected chi connectivity index (χ1v) is 7.45. The molecule has 14 heteroatoms. The average molecular weight is 435 g/mol. The number of ether oxygens (including phenoxy) is 1. The highest BCUT2D eigenvalue weighted by Gasteiger charge is 2.45. The van der Waals surface area contributed by atoms with Crippen molar-refractivity contribution in [1.29, 1.82) is 0 Å². The molecule has 2 aromatic rings. The van der Waals surface area contributed by atoms with Crippen molar-refractivity contribution in [2.45, 2.75) is 22.6 Å². The minimum absolute atomic E-state index is 0.0999. The number of rotatable bonds is 5. The topological polar surface area (TPSA) is 27.1 Å². The van der Waals surface area contributed by atoms with Crippen molar-refractivity contribution in [3.8, 4) is 5.75 Å². The zero-order valence-electron chi connectivity index (χ0n) is 11.3. The van der Waals surface area contributed by atoms with Gasteiger partial charge in [-0.1, -0.05) is 29.3 Å². The van der Waals surface area contributed by atoms with Crippen molar-refractivity contribution in [1.82, 2.24) is 8.96 Å². The highest BCUT2D eigenvalue weighted by atomic mass is 35.5. The summed E-state index contributed by atoms with van der Waals surface area (Å²) in [5.74, 6) is -2.83. The molecule has 0 amide bonds. The van der Waals surface area contributed by atoms with Crippen LogP contribution in [0.25, 0.3) is 11.0 Å². The second-order valence-corrected chi connectivity index (χ2v) is 7.15. The van der Waals surface area contributed by atoms with Gasteiger partial charge in [0.05, 0.1) is 5.52 Å². The highest BCUT2D eigenvalue weighted by Crippen LogP contribution is 2.44. The maximum atomic E-state index is 13.4. The molecule has 0 N–H and O–H groups in total. The Labute approximate surface area is 148 Å². The van der Waals surface area contributed by atoms with Gasteiger partial charge in [0.1, 0.15) is 5.52 Å². The van der Waals surface area contributed by atoms with E-state index in [1.165, 1.54) is 0 Å². The average Bonchev–Trinajstić information content (AvgIpc) is 2.76. The van der Waals surface area contributed by atoms with E-state index in [1.54, 1.807) is 0 Å². The molecule has 0 aliphatic carbocycles. The quantitative estimate of drug-likeness (QED) is 0.436. The summed E-state index contributed by atoms with van der Waals surface area (Å²) in [6.45, 7) is 0. The summed E-state index contributed by atoms with van der Waals surface area (Å²) in [6, 6.07) is 2.54. The normalized spacial score (nSPS) is 13.7. The molecule has 140 valence electrons. The summed E-state index contributed by atoms with van der Waals surface area (Å²) in [4.78, 5) is 3.04. The molecule has 0 aliphatic heterocycles. The maximum Gasteiger partial charge on any atom is 0.461 e. The Balaban J connectivity index is 2.66. The first-order chi connectivity index (χ1) is 11.2. The van der Waals surface area contributed by atoms with E-state index < -0.39 is 45.2 Å². The van der Waals surface area contributed by atoms with Gasteiger partial charge in [0.25, 0.3) is 0 Å².